The molecule has 2 unspecified atom stereocenters. The predicted molar refractivity (Wildman–Crippen MR) is 99.7 cm³/mol. The van der Waals surface area contributed by atoms with Gasteiger partial charge < -0.3 is 19.7 Å². The number of carbonyl (C=O) groups excluding carboxylic acids is 2. The number of Topliss-reactive ketones (excluding diaryl/α,β-unsaturated/α-hetero) is 1. The molecule has 6 heteroatoms. The van der Waals surface area contributed by atoms with Gasteiger partial charge >= 0.3 is 0 Å². The number of rotatable bonds is 7. The maximum atomic E-state index is 12.3. The van der Waals surface area contributed by atoms with Gasteiger partial charge in [-0.05, 0) is 44.5 Å². The van der Waals surface area contributed by atoms with Crippen molar-refractivity contribution in [1.82, 2.24) is 4.90 Å². The second kappa shape index (κ2) is 8.54. The van der Waals surface area contributed by atoms with E-state index in [2.05, 4.69) is 17.1 Å². The summed E-state index contributed by atoms with van der Waals surface area (Å²) in [6.45, 7) is 6.05. The Morgan fingerprint density at radius 1 is 1.31 bits per heavy atom. The van der Waals surface area contributed by atoms with Crippen molar-refractivity contribution in [1.29, 1.82) is 0 Å². The number of methoxy groups -OCH3 is 1. The number of anilines is 1. The van der Waals surface area contributed by atoms with Gasteiger partial charge in [0.1, 0.15) is 5.78 Å². The Bertz CT molecular complexity index is 661. The molecule has 1 heterocycles. The van der Waals surface area contributed by atoms with E-state index in [9.17, 15) is 9.59 Å². The molecule has 2 aliphatic rings. The largest absolute Gasteiger partial charge is 0.493 e. The summed E-state index contributed by atoms with van der Waals surface area (Å²) in [5.41, 5.74) is 0.632. The smallest absolute Gasteiger partial charge is 0.234 e. The molecule has 1 aliphatic heterocycles. The summed E-state index contributed by atoms with van der Waals surface area (Å²) in [7, 11) is 1.60. The van der Waals surface area contributed by atoms with Crippen LogP contribution in [0.1, 0.15) is 32.6 Å². The monoisotopic (exact) mass is 360 g/mol. The van der Waals surface area contributed by atoms with Gasteiger partial charge in [-0.25, -0.2) is 0 Å². The lowest BCUT2D eigenvalue weighted by Gasteiger charge is -2.17. The van der Waals surface area contributed by atoms with Gasteiger partial charge in [0.05, 0.1) is 19.6 Å². The number of ketones is 1. The topological polar surface area (TPSA) is 67.9 Å². The SMILES string of the molecule is CCN1CCC(COc2cc(NC(=O)C3CCCC3=O)ccc2OC)C1. The third-order valence-corrected chi connectivity index (χ3v) is 5.34. The van der Waals surface area contributed by atoms with Gasteiger partial charge in [-0.2, -0.15) is 0 Å². The third-order valence-electron chi connectivity index (χ3n) is 5.34. The van der Waals surface area contributed by atoms with Crippen LogP contribution >= 0.6 is 0 Å². The van der Waals surface area contributed by atoms with Crippen LogP contribution in [-0.2, 0) is 9.59 Å². The van der Waals surface area contributed by atoms with Crippen LogP contribution in [0.3, 0.4) is 0 Å². The molecule has 1 aliphatic carbocycles. The van der Waals surface area contributed by atoms with Crippen molar-refractivity contribution < 1.29 is 19.1 Å². The number of nitrogens with zero attached hydrogens (tertiary/aromatic N) is 1. The van der Waals surface area contributed by atoms with E-state index in [0.29, 0.717) is 42.6 Å². The van der Waals surface area contributed by atoms with Gasteiger partial charge in [0.15, 0.2) is 11.5 Å². The normalized spacial score (nSPS) is 23.2. The molecule has 0 radical (unpaired) electrons. The first-order valence-electron chi connectivity index (χ1n) is 9.47. The Morgan fingerprint density at radius 3 is 2.81 bits per heavy atom. The maximum absolute atomic E-state index is 12.3. The highest BCUT2D eigenvalue weighted by molar-refractivity contribution is 6.08. The summed E-state index contributed by atoms with van der Waals surface area (Å²) in [5, 5.41) is 2.85. The van der Waals surface area contributed by atoms with Gasteiger partial charge in [-0.15, -0.1) is 0 Å². The molecule has 6 nitrogen and oxygen atoms in total. The third kappa shape index (κ3) is 4.36. The highest BCUT2D eigenvalue weighted by Crippen LogP contribution is 2.32. The molecular formula is C20H28N2O4. The second-order valence-corrected chi connectivity index (χ2v) is 7.12. The van der Waals surface area contributed by atoms with Gasteiger partial charge in [0, 0.05) is 30.6 Å². The van der Waals surface area contributed by atoms with Gasteiger partial charge in [-0.3, -0.25) is 9.59 Å². The summed E-state index contributed by atoms with van der Waals surface area (Å²) in [6, 6.07) is 5.34. The van der Waals surface area contributed by atoms with Crippen molar-refractivity contribution in [3.8, 4) is 11.5 Å². The molecule has 0 spiro atoms. The highest BCUT2D eigenvalue weighted by Gasteiger charge is 2.31. The van der Waals surface area contributed by atoms with E-state index in [1.807, 2.05) is 0 Å². The van der Waals surface area contributed by atoms with E-state index < -0.39 is 5.92 Å². The molecular weight excluding hydrogens is 332 g/mol. The van der Waals surface area contributed by atoms with Gasteiger partial charge in [0.2, 0.25) is 5.91 Å². The second-order valence-electron chi connectivity index (χ2n) is 7.12. The number of hydrogen-bond acceptors (Lipinski definition) is 5. The number of amides is 1. The summed E-state index contributed by atoms with van der Waals surface area (Å²) >= 11 is 0. The molecule has 142 valence electrons. The number of likely N-dealkylation sites (tertiary alicyclic amines) is 1. The first kappa shape index (κ1) is 18.7. The molecule has 1 saturated heterocycles. The fraction of sp³-hybridized carbons (Fsp3) is 0.600. The minimum atomic E-state index is -0.514. The fourth-order valence-electron chi connectivity index (χ4n) is 3.73. The zero-order chi connectivity index (χ0) is 18.5. The fourth-order valence-corrected chi connectivity index (χ4v) is 3.73. The standard InChI is InChI=1S/C20H28N2O4/c1-3-22-10-9-14(12-22)13-26-19-11-15(7-8-18(19)25-2)21-20(24)16-5-4-6-17(16)23/h7-8,11,14,16H,3-6,9-10,12-13H2,1-2H3,(H,21,24). The molecule has 1 N–H and O–H groups in total. The van der Waals surface area contributed by atoms with Crippen LogP contribution in [0.15, 0.2) is 18.2 Å². The van der Waals surface area contributed by atoms with E-state index >= 15 is 0 Å². The van der Waals surface area contributed by atoms with Crippen molar-refractivity contribution in [2.45, 2.75) is 32.6 Å². The quantitative estimate of drug-likeness (QED) is 0.757. The van der Waals surface area contributed by atoms with Crippen molar-refractivity contribution in [3.05, 3.63) is 18.2 Å². The Morgan fingerprint density at radius 2 is 2.15 bits per heavy atom. The summed E-state index contributed by atoms with van der Waals surface area (Å²) < 4.78 is 11.4. The van der Waals surface area contributed by atoms with Crippen molar-refractivity contribution >= 4 is 17.4 Å². The van der Waals surface area contributed by atoms with Gasteiger partial charge in [-0.1, -0.05) is 6.92 Å². The molecule has 2 fully saturated rings. The molecule has 3 rings (SSSR count). The molecule has 1 aromatic rings. The van der Waals surface area contributed by atoms with Crippen LogP contribution < -0.4 is 14.8 Å². The summed E-state index contributed by atoms with van der Waals surface area (Å²) in [6.07, 6.45) is 3.07. The number of nitrogens with one attached hydrogen (secondary N) is 1. The lowest BCUT2D eigenvalue weighted by Crippen LogP contribution is -2.25. The van der Waals surface area contributed by atoms with Crippen molar-refractivity contribution in [2.24, 2.45) is 11.8 Å². The molecule has 2 atom stereocenters. The molecule has 1 amide bonds. The lowest BCUT2D eigenvalue weighted by atomic mass is 10.1. The van der Waals surface area contributed by atoms with E-state index in [0.717, 1.165) is 32.5 Å². The number of ether oxygens (including phenoxy) is 2. The molecule has 26 heavy (non-hydrogen) atoms. The van der Waals surface area contributed by atoms with E-state index in [-0.39, 0.29) is 11.7 Å². The maximum Gasteiger partial charge on any atom is 0.234 e. The molecule has 0 aromatic heterocycles. The Balaban J connectivity index is 1.62. The van der Waals surface area contributed by atoms with Crippen molar-refractivity contribution in [3.63, 3.8) is 0 Å². The lowest BCUT2D eigenvalue weighted by molar-refractivity contribution is -0.129. The molecule has 0 bridgehead atoms. The van der Waals surface area contributed by atoms with E-state index in [1.165, 1.54) is 0 Å². The number of hydrogen-bond donors (Lipinski definition) is 1. The first-order valence-corrected chi connectivity index (χ1v) is 9.47. The van der Waals surface area contributed by atoms with Crippen LogP contribution in [0.5, 0.6) is 11.5 Å². The molecule has 1 aromatic carbocycles. The Hall–Kier alpha value is -2.08. The zero-order valence-corrected chi connectivity index (χ0v) is 15.6. The van der Waals surface area contributed by atoms with Crippen LogP contribution in [0.2, 0.25) is 0 Å². The number of carbonyl (C=O) groups is 2. The summed E-state index contributed by atoms with van der Waals surface area (Å²) in [5.74, 6) is 1.07. The van der Waals surface area contributed by atoms with Crippen LogP contribution in [0, 0.1) is 11.8 Å². The average Bonchev–Trinajstić information content (AvgIpc) is 3.28. The van der Waals surface area contributed by atoms with Crippen LogP contribution in [-0.4, -0.2) is 49.9 Å². The Kier molecular flexibility index (Phi) is 6.14. The van der Waals surface area contributed by atoms with E-state index in [4.69, 9.17) is 9.47 Å². The van der Waals surface area contributed by atoms with E-state index in [1.54, 1.807) is 25.3 Å². The minimum Gasteiger partial charge on any atom is -0.493 e. The van der Waals surface area contributed by atoms with Gasteiger partial charge in [0.25, 0.3) is 0 Å². The van der Waals surface area contributed by atoms with Crippen LogP contribution in [0.25, 0.3) is 0 Å². The van der Waals surface area contributed by atoms with Crippen molar-refractivity contribution in [2.75, 3.05) is 38.7 Å². The first-order chi connectivity index (χ1) is 12.6. The molecule has 1 saturated carbocycles. The average molecular weight is 360 g/mol. The number of benzene rings is 1. The minimum absolute atomic E-state index is 0.0363. The van der Waals surface area contributed by atoms with Crippen LogP contribution in [0.4, 0.5) is 5.69 Å². The summed E-state index contributed by atoms with van der Waals surface area (Å²) in [4.78, 5) is 26.5. The predicted octanol–water partition coefficient (Wildman–Crippen LogP) is 2.72. The highest BCUT2D eigenvalue weighted by atomic mass is 16.5. The Labute approximate surface area is 154 Å². The zero-order valence-electron chi connectivity index (χ0n) is 15.6.